The van der Waals surface area contributed by atoms with Crippen LogP contribution in [0, 0.1) is 34.5 Å². The Morgan fingerprint density at radius 2 is 2.04 bits per heavy atom. The minimum atomic E-state index is -0.0787. The van der Waals surface area contributed by atoms with Crippen LogP contribution >= 0.6 is 0 Å². The monoisotopic (exact) mass is 343 g/mol. The van der Waals surface area contributed by atoms with Crippen LogP contribution in [0.2, 0.25) is 0 Å². The van der Waals surface area contributed by atoms with Gasteiger partial charge in [0.05, 0.1) is 13.0 Å². The SMILES string of the molecule is COC(=O)[C@H]1CCC2C3CCC4=CNC(=O)CC[C@]4(C)C3C=C[C@@]21C. The molecule has 0 bridgehead atoms. The molecule has 3 unspecified atom stereocenters. The number of amides is 1. The summed E-state index contributed by atoms with van der Waals surface area (Å²) in [6.07, 6.45) is 12.4. The van der Waals surface area contributed by atoms with Gasteiger partial charge in [-0.15, -0.1) is 0 Å². The molecule has 1 aliphatic heterocycles. The Labute approximate surface area is 150 Å². The van der Waals surface area contributed by atoms with Crippen molar-refractivity contribution < 1.29 is 14.3 Å². The predicted molar refractivity (Wildman–Crippen MR) is 95.3 cm³/mol. The molecule has 4 rings (SSSR count). The predicted octanol–water partition coefficient (Wildman–Crippen LogP) is 3.59. The van der Waals surface area contributed by atoms with Crippen molar-refractivity contribution >= 4 is 11.9 Å². The first-order valence-corrected chi connectivity index (χ1v) is 9.66. The number of methoxy groups -OCH3 is 1. The Hall–Kier alpha value is -1.58. The Kier molecular flexibility index (Phi) is 3.86. The van der Waals surface area contributed by atoms with E-state index >= 15 is 0 Å². The highest BCUT2D eigenvalue weighted by molar-refractivity contribution is 5.77. The summed E-state index contributed by atoms with van der Waals surface area (Å²) in [6, 6.07) is 0. The Morgan fingerprint density at radius 3 is 2.80 bits per heavy atom. The molecular formula is C21H29NO3. The van der Waals surface area contributed by atoms with E-state index in [2.05, 4.69) is 31.3 Å². The molecule has 0 radical (unpaired) electrons. The lowest BCUT2D eigenvalue weighted by Gasteiger charge is -2.54. The van der Waals surface area contributed by atoms with Crippen molar-refractivity contribution in [1.29, 1.82) is 0 Å². The van der Waals surface area contributed by atoms with Crippen LogP contribution in [0.15, 0.2) is 23.9 Å². The van der Waals surface area contributed by atoms with Gasteiger partial charge in [-0.05, 0) is 60.8 Å². The third-order valence-corrected chi connectivity index (χ3v) is 7.94. The molecule has 6 atom stereocenters. The molecule has 3 aliphatic carbocycles. The molecule has 136 valence electrons. The van der Waals surface area contributed by atoms with Gasteiger partial charge in [0.15, 0.2) is 0 Å². The minimum absolute atomic E-state index is 0.0122. The number of hydrogen-bond donors (Lipinski definition) is 1. The number of rotatable bonds is 1. The second-order valence-corrected chi connectivity index (χ2v) is 8.87. The van der Waals surface area contributed by atoms with E-state index in [0.717, 1.165) is 32.1 Å². The number of allylic oxidation sites excluding steroid dienone is 3. The highest BCUT2D eigenvalue weighted by Gasteiger charge is 2.58. The lowest BCUT2D eigenvalue weighted by molar-refractivity contribution is -0.149. The van der Waals surface area contributed by atoms with Crippen LogP contribution in [0.1, 0.15) is 52.4 Å². The maximum absolute atomic E-state index is 12.3. The largest absolute Gasteiger partial charge is 0.469 e. The third-order valence-electron chi connectivity index (χ3n) is 7.94. The quantitative estimate of drug-likeness (QED) is 0.585. The first-order valence-electron chi connectivity index (χ1n) is 9.66. The summed E-state index contributed by atoms with van der Waals surface area (Å²) in [6.45, 7) is 4.60. The van der Waals surface area contributed by atoms with Gasteiger partial charge in [0.1, 0.15) is 0 Å². The molecule has 4 nitrogen and oxygen atoms in total. The zero-order chi connectivity index (χ0) is 17.8. The fraction of sp³-hybridized carbons (Fsp3) is 0.714. The van der Waals surface area contributed by atoms with E-state index in [-0.39, 0.29) is 28.6 Å². The molecule has 1 amide bonds. The summed E-state index contributed by atoms with van der Waals surface area (Å²) >= 11 is 0. The van der Waals surface area contributed by atoms with Crippen LogP contribution in [-0.4, -0.2) is 19.0 Å². The van der Waals surface area contributed by atoms with Crippen molar-refractivity contribution in [3.05, 3.63) is 23.9 Å². The lowest BCUT2D eigenvalue weighted by Crippen LogP contribution is -2.47. The Balaban J connectivity index is 1.70. The van der Waals surface area contributed by atoms with E-state index in [1.54, 1.807) is 0 Å². The van der Waals surface area contributed by atoms with Gasteiger partial charge in [-0.1, -0.05) is 26.0 Å². The summed E-state index contributed by atoms with van der Waals surface area (Å²) in [5.41, 5.74) is 1.38. The molecule has 1 heterocycles. The fourth-order valence-corrected chi connectivity index (χ4v) is 6.42. The molecule has 4 heteroatoms. The van der Waals surface area contributed by atoms with Crippen molar-refractivity contribution in [2.24, 2.45) is 34.5 Å². The topological polar surface area (TPSA) is 55.4 Å². The van der Waals surface area contributed by atoms with Gasteiger partial charge in [-0.2, -0.15) is 0 Å². The molecule has 0 spiro atoms. The standard InChI is InChI=1S/C21H29NO3/c1-20-11-9-18(23)22-12-13(20)4-5-14-15-6-7-17(19(24)25-3)21(15,2)10-8-16(14)20/h8,10,12,14-17H,4-7,9,11H2,1-3H3,(H,22,23)/t14?,15?,16?,17-,20+,21+/m1/s1. The molecule has 25 heavy (non-hydrogen) atoms. The van der Waals surface area contributed by atoms with Gasteiger partial charge in [0.2, 0.25) is 5.91 Å². The van der Waals surface area contributed by atoms with E-state index < -0.39 is 0 Å². The van der Waals surface area contributed by atoms with Crippen LogP contribution < -0.4 is 5.32 Å². The second-order valence-electron chi connectivity index (χ2n) is 8.87. The number of carbonyl (C=O) groups excluding carboxylic acids is 2. The average molecular weight is 343 g/mol. The van der Waals surface area contributed by atoms with Gasteiger partial charge in [0.25, 0.3) is 0 Å². The zero-order valence-corrected chi connectivity index (χ0v) is 15.5. The van der Waals surface area contributed by atoms with Crippen molar-refractivity contribution in [3.8, 4) is 0 Å². The number of ether oxygens (including phenoxy) is 1. The molecule has 2 saturated carbocycles. The van der Waals surface area contributed by atoms with E-state index in [4.69, 9.17) is 4.74 Å². The van der Waals surface area contributed by atoms with Gasteiger partial charge in [-0.3, -0.25) is 9.59 Å². The lowest BCUT2D eigenvalue weighted by atomic mass is 9.50. The van der Waals surface area contributed by atoms with Crippen molar-refractivity contribution in [1.82, 2.24) is 5.32 Å². The van der Waals surface area contributed by atoms with Crippen molar-refractivity contribution in [2.45, 2.75) is 52.4 Å². The molecule has 0 aromatic rings. The summed E-state index contributed by atoms with van der Waals surface area (Å²) in [7, 11) is 1.50. The van der Waals surface area contributed by atoms with Crippen LogP contribution in [0.5, 0.6) is 0 Å². The highest BCUT2D eigenvalue weighted by atomic mass is 16.5. The Bertz CT molecular complexity index is 666. The van der Waals surface area contributed by atoms with Gasteiger partial charge < -0.3 is 10.1 Å². The molecule has 4 aliphatic rings. The van der Waals surface area contributed by atoms with Crippen LogP contribution in [0.25, 0.3) is 0 Å². The van der Waals surface area contributed by atoms with Crippen LogP contribution in [0.4, 0.5) is 0 Å². The molecule has 0 aromatic carbocycles. The fourth-order valence-electron chi connectivity index (χ4n) is 6.42. The smallest absolute Gasteiger partial charge is 0.309 e. The zero-order valence-electron chi connectivity index (χ0n) is 15.5. The normalized spacial score (nSPS) is 45.4. The van der Waals surface area contributed by atoms with E-state index in [1.807, 2.05) is 6.20 Å². The number of fused-ring (bicyclic) bond motifs is 5. The molecule has 0 saturated heterocycles. The number of nitrogens with one attached hydrogen (secondary N) is 1. The molecule has 1 N–H and O–H groups in total. The third kappa shape index (κ3) is 2.32. The van der Waals surface area contributed by atoms with Gasteiger partial charge >= 0.3 is 5.97 Å². The molecule has 2 fully saturated rings. The number of carbonyl (C=O) groups is 2. The summed E-state index contributed by atoms with van der Waals surface area (Å²) < 4.78 is 5.09. The van der Waals surface area contributed by atoms with Crippen molar-refractivity contribution in [2.75, 3.05) is 7.11 Å². The van der Waals surface area contributed by atoms with Gasteiger partial charge in [-0.25, -0.2) is 0 Å². The number of esters is 1. The maximum atomic E-state index is 12.3. The Morgan fingerprint density at radius 1 is 1.24 bits per heavy atom. The summed E-state index contributed by atoms with van der Waals surface area (Å²) in [4.78, 5) is 24.2. The van der Waals surface area contributed by atoms with Crippen LogP contribution in [-0.2, 0) is 14.3 Å². The van der Waals surface area contributed by atoms with Crippen LogP contribution in [0.3, 0.4) is 0 Å². The summed E-state index contributed by atoms with van der Waals surface area (Å²) in [5, 5.41) is 2.96. The van der Waals surface area contributed by atoms with E-state index in [1.165, 1.54) is 12.7 Å². The highest BCUT2D eigenvalue weighted by Crippen LogP contribution is 2.63. The maximum Gasteiger partial charge on any atom is 0.309 e. The molecular weight excluding hydrogens is 314 g/mol. The van der Waals surface area contributed by atoms with E-state index in [0.29, 0.717) is 24.2 Å². The first-order chi connectivity index (χ1) is 11.9. The summed E-state index contributed by atoms with van der Waals surface area (Å²) in [5.74, 6) is 1.67. The first kappa shape index (κ1) is 16.9. The number of hydrogen-bond acceptors (Lipinski definition) is 3. The van der Waals surface area contributed by atoms with Gasteiger partial charge in [0, 0.05) is 18.0 Å². The minimum Gasteiger partial charge on any atom is -0.469 e. The average Bonchev–Trinajstić information content (AvgIpc) is 2.87. The van der Waals surface area contributed by atoms with Crippen molar-refractivity contribution in [3.63, 3.8) is 0 Å². The second kappa shape index (κ2) is 5.72. The van der Waals surface area contributed by atoms with E-state index in [9.17, 15) is 9.59 Å². The molecule has 0 aromatic heterocycles.